The first kappa shape index (κ1) is 15.9. The average molecular weight is 277 g/mol. The normalized spacial score (nSPS) is 13.3. The second-order valence-corrected chi connectivity index (χ2v) is 4.87. The molecule has 1 aromatic rings. The largest absolute Gasteiger partial charge is 0.490 e. The molecule has 0 heterocycles. The van der Waals surface area contributed by atoms with Crippen LogP contribution in [-0.2, 0) is 0 Å². The van der Waals surface area contributed by atoms with Gasteiger partial charge in [-0.2, -0.15) is 5.26 Å². The molecule has 0 aliphatic heterocycles. The van der Waals surface area contributed by atoms with E-state index in [1.54, 1.807) is 19.9 Å². The van der Waals surface area contributed by atoms with Crippen molar-refractivity contribution < 1.29 is 9.66 Å². The third kappa shape index (κ3) is 4.21. The summed E-state index contributed by atoms with van der Waals surface area (Å²) in [4.78, 5) is 10.2. The van der Waals surface area contributed by atoms with Gasteiger partial charge in [-0.1, -0.05) is 6.92 Å². The van der Waals surface area contributed by atoms with Crippen LogP contribution in [0.15, 0.2) is 18.2 Å². The minimum Gasteiger partial charge on any atom is -0.490 e. The second-order valence-electron chi connectivity index (χ2n) is 4.87. The summed E-state index contributed by atoms with van der Waals surface area (Å²) in [6.07, 6.45) is 0.924. The minimum absolute atomic E-state index is 0.0296. The van der Waals surface area contributed by atoms with E-state index >= 15 is 0 Å². The molecule has 0 amide bonds. The molecular weight excluding hydrogens is 258 g/mol. The van der Waals surface area contributed by atoms with E-state index in [-0.39, 0.29) is 12.3 Å². The van der Waals surface area contributed by atoms with Crippen molar-refractivity contribution in [3.63, 3.8) is 0 Å². The van der Waals surface area contributed by atoms with Gasteiger partial charge >= 0.3 is 0 Å². The third-order valence-electron chi connectivity index (χ3n) is 2.90. The maximum atomic E-state index is 10.7. The van der Waals surface area contributed by atoms with Gasteiger partial charge in [-0.05, 0) is 38.4 Å². The topological polar surface area (TPSA) is 88.2 Å². The first-order valence-electron chi connectivity index (χ1n) is 6.46. The van der Waals surface area contributed by atoms with Crippen molar-refractivity contribution in [2.45, 2.75) is 32.7 Å². The molecule has 1 atom stereocenters. The van der Waals surface area contributed by atoms with Crippen LogP contribution in [0.3, 0.4) is 0 Å². The molecule has 0 aliphatic carbocycles. The number of nitriles is 1. The first-order chi connectivity index (χ1) is 9.41. The summed E-state index contributed by atoms with van der Waals surface area (Å²) in [6.45, 7) is 6.44. The van der Waals surface area contributed by atoms with Crippen molar-refractivity contribution in [1.29, 1.82) is 5.26 Å². The second kappa shape index (κ2) is 6.87. The van der Waals surface area contributed by atoms with Gasteiger partial charge in [0, 0.05) is 12.1 Å². The number of rotatable bonds is 7. The molecule has 1 N–H and O–H groups in total. The molecule has 0 aliphatic rings. The van der Waals surface area contributed by atoms with E-state index in [9.17, 15) is 15.4 Å². The molecule has 6 nitrogen and oxygen atoms in total. The summed E-state index contributed by atoms with van der Waals surface area (Å²) >= 11 is 0. The lowest BCUT2D eigenvalue weighted by molar-refractivity contribution is -0.384. The van der Waals surface area contributed by atoms with Crippen molar-refractivity contribution in [2.24, 2.45) is 0 Å². The summed E-state index contributed by atoms with van der Waals surface area (Å²) in [6, 6.07) is 6.60. The number of nitro benzene ring substituents is 1. The number of hydrogen-bond acceptors (Lipinski definition) is 5. The molecule has 1 aromatic carbocycles. The van der Waals surface area contributed by atoms with Crippen LogP contribution in [0.1, 0.15) is 25.8 Å². The Hall–Kier alpha value is -2.13. The molecule has 0 aromatic heterocycles. The summed E-state index contributed by atoms with van der Waals surface area (Å²) in [5, 5.41) is 23.0. The van der Waals surface area contributed by atoms with Crippen molar-refractivity contribution in [3.05, 3.63) is 33.9 Å². The summed E-state index contributed by atoms with van der Waals surface area (Å²) in [7, 11) is 0. The zero-order chi connectivity index (χ0) is 15.2. The standard InChI is InChI=1S/C14H19N3O3/c1-4-7-16-14(3,9-15)10-20-13-6-5-12(17(18)19)8-11(13)2/h5-6,8,16H,4,7,10H2,1-3H3. The number of benzene rings is 1. The number of non-ortho nitro benzene ring substituents is 1. The molecule has 0 spiro atoms. The quantitative estimate of drug-likeness (QED) is 0.611. The third-order valence-corrected chi connectivity index (χ3v) is 2.90. The van der Waals surface area contributed by atoms with Crippen molar-refractivity contribution in [3.8, 4) is 11.8 Å². The molecule has 108 valence electrons. The van der Waals surface area contributed by atoms with Crippen LogP contribution in [0.25, 0.3) is 0 Å². The Kier molecular flexibility index (Phi) is 5.47. The number of ether oxygens (including phenoxy) is 1. The molecule has 0 saturated carbocycles. The van der Waals surface area contributed by atoms with Gasteiger partial charge < -0.3 is 4.74 Å². The Balaban J connectivity index is 2.74. The molecule has 6 heteroatoms. The summed E-state index contributed by atoms with van der Waals surface area (Å²) in [5.74, 6) is 0.551. The van der Waals surface area contributed by atoms with Crippen molar-refractivity contribution >= 4 is 5.69 Å². The SMILES string of the molecule is CCCNC(C)(C#N)COc1ccc([N+](=O)[O-])cc1C. The maximum absolute atomic E-state index is 10.7. The number of hydrogen-bond donors (Lipinski definition) is 1. The van der Waals surface area contributed by atoms with Gasteiger partial charge in [-0.25, -0.2) is 0 Å². The summed E-state index contributed by atoms with van der Waals surface area (Å²) < 4.78 is 5.62. The predicted octanol–water partition coefficient (Wildman–Crippen LogP) is 2.56. The minimum atomic E-state index is -0.774. The Morgan fingerprint density at radius 3 is 2.75 bits per heavy atom. The Morgan fingerprint density at radius 1 is 1.55 bits per heavy atom. The van der Waals surface area contributed by atoms with Gasteiger partial charge in [0.2, 0.25) is 0 Å². The Morgan fingerprint density at radius 2 is 2.25 bits per heavy atom. The van der Waals surface area contributed by atoms with Gasteiger partial charge in [0.1, 0.15) is 17.9 Å². The Bertz CT molecular complexity index is 525. The molecular formula is C14H19N3O3. The summed E-state index contributed by atoms with van der Waals surface area (Å²) in [5.41, 5.74) is -0.0680. The molecule has 0 bridgehead atoms. The van der Waals surface area contributed by atoms with E-state index in [0.29, 0.717) is 11.3 Å². The lowest BCUT2D eigenvalue weighted by Crippen LogP contribution is -2.46. The van der Waals surface area contributed by atoms with Crippen LogP contribution in [0.5, 0.6) is 5.75 Å². The molecule has 1 unspecified atom stereocenters. The van der Waals surface area contributed by atoms with Gasteiger partial charge in [-0.15, -0.1) is 0 Å². The monoisotopic (exact) mass is 277 g/mol. The number of nitrogens with zero attached hydrogens (tertiary/aromatic N) is 2. The zero-order valence-electron chi connectivity index (χ0n) is 12.0. The molecule has 1 rings (SSSR count). The lowest BCUT2D eigenvalue weighted by atomic mass is 10.1. The van der Waals surface area contributed by atoms with Crippen LogP contribution >= 0.6 is 0 Å². The van der Waals surface area contributed by atoms with E-state index in [1.165, 1.54) is 12.1 Å². The van der Waals surface area contributed by atoms with Gasteiger partial charge in [-0.3, -0.25) is 15.4 Å². The van der Waals surface area contributed by atoms with E-state index in [4.69, 9.17) is 4.74 Å². The van der Waals surface area contributed by atoms with Crippen LogP contribution in [0.4, 0.5) is 5.69 Å². The van der Waals surface area contributed by atoms with Crippen LogP contribution in [0, 0.1) is 28.4 Å². The van der Waals surface area contributed by atoms with E-state index < -0.39 is 10.5 Å². The zero-order valence-corrected chi connectivity index (χ0v) is 12.0. The maximum Gasteiger partial charge on any atom is 0.269 e. The van der Waals surface area contributed by atoms with E-state index in [2.05, 4.69) is 11.4 Å². The fraction of sp³-hybridized carbons (Fsp3) is 0.500. The fourth-order valence-electron chi connectivity index (χ4n) is 1.65. The highest BCUT2D eigenvalue weighted by Crippen LogP contribution is 2.24. The van der Waals surface area contributed by atoms with Crippen molar-refractivity contribution in [1.82, 2.24) is 5.32 Å². The van der Waals surface area contributed by atoms with Crippen molar-refractivity contribution in [2.75, 3.05) is 13.2 Å². The molecule has 20 heavy (non-hydrogen) atoms. The molecule has 0 radical (unpaired) electrons. The molecule has 0 fully saturated rings. The van der Waals surface area contributed by atoms with Crippen LogP contribution < -0.4 is 10.1 Å². The highest BCUT2D eigenvalue weighted by Gasteiger charge is 2.24. The van der Waals surface area contributed by atoms with Gasteiger partial charge in [0.05, 0.1) is 11.0 Å². The predicted molar refractivity (Wildman–Crippen MR) is 75.6 cm³/mol. The number of nitro groups is 1. The fourth-order valence-corrected chi connectivity index (χ4v) is 1.65. The number of aryl methyl sites for hydroxylation is 1. The van der Waals surface area contributed by atoms with E-state index in [1.807, 2.05) is 6.92 Å². The number of nitrogens with one attached hydrogen (secondary N) is 1. The van der Waals surface area contributed by atoms with Crippen LogP contribution in [0.2, 0.25) is 0 Å². The van der Waals surface area contributed by atoms with Gasteiger partial charge in [0.15, 0.2) is 0 Å². The first-order valence-corrected chi connectivity index (χ1v) is 6.46. The van der Waals surface area contributed by atoms with Crippen LogP contribution in [-0.4, -0.2) is 23.6 Å². The van der Waals surface area contributed by atoms with E-state index in [0.717, 1.165) is 13.0 Å². The average Bonchev–Trinajstić information content (AvgIpc) is 2.43. The Labute approximate surface area is 118 Å². The smallest absolute Gasteiger partial charge is 0.269 e. The molecule has 0 saturated heterocycles. The lowest BCUT2D eigenvalue weighted by Gasteiger charge is -2.23. The highest BCUT2D eigenvalue weighted by molar-refractivity contribution is 5.43. The highest BCUT2D eigenvalue weighted by atomic mass is 16.6. The van der Waals surface area contributed by atoms with Gasteiger partial charge in [0.25, 0.3) is 5.69 Å².